The highest BCUT2D eigenvalue weighted by molar-refractivity contribution is 6.33. The van der Waals surface area contributed by atoms with E-state index < -0.39 is 23.6 Å². The number of aliphatic hydroxyl groups is 1. The maximum Gasteiger partial charge on any atom is 0.341 e. The molecule has 11 nitrogen and oxygen atoms in total. The van der Waals surface area contributed by atoms with E-state index in [-0.39, 0.29) is 34.4 Å². The molecule has 2 fully saturated rings. The van der Waals surface area contributed by atoms with Crippen LogP contribution in [-0.2, 0) is 35.4 Å². The van der Waals surface area contributed by atoms with Gasteiger partial charge < -0.3 is 32.9 Å². The average Bonchev–Trinajstić information content (AvgIpc) is 3.12. The molecular formula is C39H44Cl2N2O9. The third-order valence-corrected chi connectivity index (χ3v) is 10.2. The summed E-state index contributed by atoms with van der Waals surface area (Å²) in [5.74, 6) is 0.307. The first-order valence-corrected chi connectivity index (χ1v) is 18.2. The van der Waals surface area contributed by atoms with Crippen molar-refractivity contribution in [3.05, 3.63) is 102 Å². The van der Waals surface area contributed by atoms with Gasteiger partial charge in [-0.3, -0.25) is 9.80 Å². The lowest BCUT2D eigenvalue weighted by Crippen LogP contribution is -2.37. The Morgan fingerprint density at radius 3 is 1.48 bits per heavy atom. The van der Waals surface area contributed by atoms with E-state index in [9.17, 15) is 14.7 Å². The highest BCUT2D eigenvalue weighted by atomic mass is 35.5. The lowest BCUT2D eigenvalue weighted by molar-refractivity contribution is -0.0783. The molecule has 0 aliphatic carbocycles. The molecule has 4 aromatic rings. The molecule has 2 aromatic carbocycles. The van der Waals surface area contributed by atoms with E-state index in [0.717, 1.165) is 11.1 Å². The van der Waals surface area contributed by atoms with E-state index in [1.807, 2.05) is 13.8 Å². The van der Waals surface area contributed by atoms with Gasteiger partial charge in [-0.05, 0) is 56.9 Å². The molecule has 2 aliphatic rings. The van der Waals surface area contributed by atoms with Gasteiger partial charge in [0.15, 0.2) is 0 Å². The summed E-state index contributed by atoms with van der Waals surface area (Å²) in [7, 11) is 0. The van der Waals surface area contributed by atoms with Gasteiger partial charge in [-0.25, -0.2) is 9.59 Å². The summed E-state index contributed by atoms with van der Waals surface area (Å²) in [5, 5.41) is 12.8. The smallest absolute Gasteiger partial charge is 0.341 e. The lowest BCUT2D eigenvalue weighted by atomic mass is 10.00. The number of halogens is 2. The van der Waals surface area contributed by atoms with E-state index in [0.29, 0.717) is 110 Å². The molecule has 2 aliphatic heterocycles. The van der Waals surface area contributed by atoms with E-state index in [4.69, 9.17) is 51.0 Å². The van der Waals surface area contributed by atoms with E-state index in [2.05, 4.69) is 23.0 Å². The van der Waals surface area contributed by atoms with Crippen LogP contribution in [0.5, 0.6) is 11.5 Å². The van der Waals surface area contributed by atoms with Crippen LogP contribution in [0.15, 0.2) is 55.9 Å². The molecule has 0 radical (unpaired) electrons. The Hall–Kier alpha value is -3.68. The molecule has 1 N–H and O–H groups in total. The van der Waals surface area contributed by atoms with Crippen LogP contribution >= 0.6 is 23.2 Å². The number of morpholine rings is 2. The van der Waals surface area contributed by atoms with Crippen LogP contribution in [0.1, 0.15) is 40.3 Å². The second-order valence-corrected chi connectivity index (χ2v) is 14.0. The number of hydrogen-bond acceptors (Lipinski definition) is 11. The number of aliphatic hydroxyl groups excluding tert-OH is 1. The van der Waals surface area contributed by atoms with Crippen molar-refractivity contribution in [2.45, 2.75) is 59.1 Å². The summed E-state index contributed by atoms with van der Waals surface area (Å²) >= 11 is 13.8. The second-order valence-electron chi connectivity index (χ2n) is 13.2. The predicted molar refractivity (Wildman–Crippen MR) is 201 cm³/mol. The first kappa shape index (κ1) is 38.1. The molecule has 0 bridgehead atoms. The molecule has 0 amide bonds. The van der Waals surface area contributed by atoms with Gasteiger partial charge >= 0.3 is 11.3 Å². The van der Waals surface area contributed by atoms with Crippen LogP contribution in [-0.4, -0.2) is 79.9 Å². The van der Waals surface area contributed by atoms with Gasteiger partial charge in [0, 0.05) is 61.2 Å². The largest absolute Gasteiger partial charge is 0.450 e. The van der Waals surface area contributed by atoms with Crippen molar-refractivity contribution >= 4 is 45.1 Å². The highest BCUT2D eigenvalue weighted by Crippen LogP contribution is 2.41. The molecule has 278 valence electrons. The van der Waals surface area contributed by atoms with Crippen LogP contribution in [0.4, 0.5) is 0 Å². The summed E-state index contributed by atoms with van der Waals surface area (Å²) in [4.78, 5) is 31.1. The SMILES string of the molecule is C=CCc1c(OC(Oc2c(Cl)cc3c(C)c(CN4CCOCC4)c(=O)oc3c2CC=C)C(C)O)c(Cl)cc2c(C)c(CN3CCOCC3)c(=O)oc12. The monoisotopic (exact) mass is 754 g/mol. The molecule has 52 heavy (non-hydrogen) atoms. The van der Waals surface area contributed by atoms with Gasteiger partial charge in [0.2, 0.25) is 0 Å². The van der Waals surface area contributed by atoms with E-state index in [1.54, 1.807) is 24.3 Å². The summed E-state index contributed by atoms with van der Waals surface area (Å²) < 4.78 is 35.6. The molecule has 2 aromatic heterocycles. The minimum absolute atomic E-state index is 0.153. The third-order valence-electron chi connectivity index (χ3n) is 9.69. The van der Waals surface area contributed by atoms with Crippen molar-refractivity contribution in [2.75, 3.05) is 52.6 Å². The molecule has 2 saturated heterocycles. The third kappa shape index (κ3) is 7.82. The van der Waals surface area contributed by atoms with Crippen molar-refractivity contribution in [3.8, 4) is 11.5 Å². The van der Waals surface area contributed by atoms with Gasteiger partial charge in [0.05, 0.1) is 47.6 Å². The fraction of sp³-hybridized carbons (Fsp3) is 0.436. The van der Waals surface area contributed by atoms with Crippen molar-refractivity contribution in [1.82, 2.24) is 9.80 Å². The first-order valence-electron chi connectivity index (χ1n) is 17.4. The van der Waals surface area contributed by atoms with Crippen molar-refractivity contribution in [1.29, 1.82) is 0 Å². The van der Waals surface area contributed by atoms with E-state index >= 15 is 0 Å². The van der Waals surface area contributed by atoms with Crippen molar-refractivity contribution < 1.29 is 32.9 Å². The zero-order valence-corrected chi connectivity index (χ0v) is 31.2. The number of allylic oxidation sites excluding steroid dienone is 2. The van der Waals surface area contributed by atoms with Gasteiger partial charge in [0.25, 0.3) is 6.29 Å². The van der Waals surface area contributed by atoms with Crippen molar-refractivity contribution in [2.24, 2.45) is 0 Å². The Labute approximate surface area is 311 Å². The Morgan fingerprint density at radius 2 is 1.13 bits per heavy atom. The van der Waals surface area contributed by atoms with Crippen LogP contribution in [0, 0.1) is 13.8 Å². The second kappa shape index (κ2) is 16.6. The van der Waals surface area contributed by atoms with Gasteiger partial charge in [0.1, 0.15) is 28.8 Å². The Morgan fingerprint density at radius 1 is 0.750 bits per heavy atom. The highest BCUT2D eigenvalue weighted by Gasteiger charge is 2.29. The summed E-state index contributed by atoms with van der Waals surface area (Å²) in [6.45, 7) is 19.1. The first-order chi connectivity index (χ1) is 25.0. The van der Waals surface area contributed by atoms with Crippen LogP contribution < -0.4 is 20.7 Å². The maximum absolute atomic E-state index is 13.4. The van der Waals surface area contributed by atoms with Gasteiger partial charge in [-0.2, -0.15) is 0 Å². The minimum Gasteiger partial charge on any atom is -0.450 e. The van der Waals surface area contributed by atoms with Crippen molar-refractivity contribution in [3.63, 3.8) is 0 Å². The number of aryl methyl sites for hydroxylation is 2. The predicted octanol–water partition coefficient (Wildman–Crippen LogP) is 6.11. The summed E-state index contributed by atoms with van der Waals surface area (Å²) in [5.41, 5.74) is 3.22. The molecule has 13 heteroatoms. The number of hydrogen-bond donors (Lipinski definition) is 1. The Balaban J connectivity index is 1.39. The number of nitrogens with zero attached hydrogens (tertiary/aromatic N) is 2. The molecule has 4 heterocycles. The Bertz CT molecular complexity index is 1950. The lowest BCUT2D eigenvalue weighted by Gasteiger charge is -2.28. The molecule has 1 atom stereocenters. The van der Waals surface area contributed by atoms with Gasteiger partial charge in [-0.15, -0.1) is 13.2 Å². The number of benzene rings is 2. The molecule has 0 saturated carbocycles. The fourth-order valence-corrected chi connectivity index (χ4v) is 7.30. The fourth-order valence-electron chi connectivity index (χ4n) is 6.77. The minimum atomic E-state index is -1.35. The Kier molecular flexibility index (Phi) is 12.1. The maximum atomic E-state index is 13.4. The van der Waals surface area contributed by atoms with Gasteiger partial charge in [-0.1, -0.05) is 35.4 Å². The molecule has 0 spiro atoms. The summed E-state index contributed by atoms with van der Waals surface area (Å²) in [6, 6.07) is 3.38. The van der Waals surface area contributed by atoms with Crippen LogP contribution in [0.25, 0.3) is 21.9 Å². The quantitative estimate of drug-likeness (QED) is 0.0967. The number of rotatable bonds is 13. The zero-order valence-electron chi connectivity index (χ0n) is 29.7. The summed E-state index contributed by atoms with van der Waals surface area (Å²) in [6.07, 6.45) is 1.21. The van der Waals surface area contributed by atoms with Crippen LogP contribution in [0.2, 0.25) is 10.0 Å². The molecule has 1 unspecified atom stereocenters. The zero-order chi connectivity index (χ0) is 37.1. The molecule has 6 rings (SSSR count). The normalized spacial score (nSPS) is 16.4. The number of ether oxygens (including phenoxy) is 4. The van der Waals surface area contributed by atoms with E-state index in [1.165, 1.54) is 6.92 Å². The average molecular weight is 756 g/mol. The standard InChI is InChI=1S/C39H44Cl2N2O9/c1-6-8-25-33-27(22(3)29(37(45)49-33)20-42-10-14-47-15-11-42)18-31(40)35(25)51-39(24(5)44)52-36-26(9-7-2)34-28(19-32(36)41)23(4)30(38(46)50-34)21-43-12-16-48-17-13-43/h6-7,18-19,24,39,44H,1-2,8-17,20-21H2,3-5H3. The number of fused-ring (bicyclic) bond motifs is 2. The van der Waals surface area contributed by atoms with Crippen LogP contribution in [0.3, 0.4) is 0 Å². The molecular weight excluding hydrogens is 711 g/mol. The topological polar surface area (TPSA) is 124 Å².